The summed E-state index contributed by atoms with van der Waals surface area (Å²) in [5.74, 6) is 0.0840. The highest BCUT2D eigenvalue weighted by molar-refractivity contribution is 8.09. The molecule has 3 saturated heterocycles. The first-order chi connectivity index (χ1) is 14.8. The SMILES string of the molecule is CC12CCC(COC(=O)C3CC4SC4CC3C(=O)OCC3CCC4(C)SC4C3)CC1S2. The number of esters is 2. The summed E-state index contributed by atoms with van der Waals surface area (Å²) < 4.78 is 12.7. The number of carbonyl (C=O) groups is 2. The summed E-state index contributed by atoms with van der Waals surface area (Å²) in [5.41, 5.74) is 0. The summed E-state index contributed by atoms with van der Waals surface area (Å²) in [4.78, 5) is 26.0. The largest absolute Gasteiger partial charge is 0.465 e. The van der Waals surface area contributed by atoms with E-state index < -0.39 is 0 Å². The van der Waals surface area contributed by atoms with Crippen molar-refractivity contribution in [3.63, 3.8) is 0 Å². The van der Waals surface area contributed by atoms with Gasteiger partial charge in [-0.2, -0.15) is 11.8 Å². The van der Waals surface area contributed by atoms with Gasteiger partial charge in [-0.3, -0.25) is 9.59 Å². The molecule has 0 aromatic rings. The number of hydrogen-bond donors (Lipinski definition) is 0. The highest BCUT2D eigenvalue weighted by Gasteiger charge is 2.56. The molecule has 0 aromatic heterocycles. The van der Waals surface area contributed by atoms with Crippen LogP contribution in [0.4, 0.5) is 0 Å². The van der Waals surface area contributed by atoms with Crippen molar-refractivity contribution in [2.24, 2.45) is 23.7 Å². The van der Waals surface area contributed by atoms with Crippen LogP contribution in [-0.4, -0.2) is 55.6 Å². The molecule has 0 aromatic carbocycles. The normalized spacial score (nSPS) is 51.5. The van der Waals surface area contributed by atoms with Crippen molar-refractivity contribution in [2.45, 2.75) is 95.7 Å². The maximum Gasteiger partial charge on any atom is 0.309 e. The summed E-state index contributed by atoms with van der Waals surface area (Å²) >= 11 is 6.11. The molecule has 172 valence electrons. The zero-order valence-electron chi connectivity index (χ0n) is 18.5. The van der Waals surface area contributed by atoms with Gasteiger partial charge >= 0.3 is 11.9 Å². The predicted molar refractivity (Wildman–Crippen MR) is 128 cm³/mol. The van der Waals surface area contributed by atoms with Crippen molar-refractivity contribution in [3.05, 3.63) is 0 Å². The van der Waals surface area contributed by atoms with Crippen LogP contribution in [0.2, 0.25) is 0 Å². The molecule has 0 spiro atoms. The highest BCUT2D eigenvalue weighted by atomic mass is 32.2. The van der Waals surface area contributed by atoms with Crippen LogP contribution in [0.5, 0.6) is 0 Å². The van der Waals surface area contributed by atoms with E-state index in [1.165, 1.54) is 25.7 Å². The van der Waals surface area contributed by atoms with Crippen molar-refractivity contribution >= 4 is 47.2 Å². The first-order valence-electron chi connectivity index (χ1n) is 12.2. The standard InChI is InChI=1S/C24H34O4S3/c1-23-5-3-13(7-19(23)30-23)11-27-21(25)15-9-17-18(29-17)10-16(15)22(26)28-12-14-4-6-24(2)20(8-14)31-24/h13-20H,3-12H2,1-2H3. The molecule has 3 heterocycles. The Morgan fingerprint density at radius 2 is 1.23 bits per heavy atom. The number of hydrogen-bond acceptors (Lipinski definition) is 7. The molecule has 6 fully saturated rings. The molecule has 6 aliphatic rings. The van der Waals surface area contributed by atoms with Crippen molar-refractivity contribution < 1.29 is 19.1 Å². The van der Waals surface area contributed by atoms with Crippen molar-refractivity contribution in [3.8, 4) is 0 Å². The smallest absolute Gasteiger partial charge is 0.309 e. The van der Waals surface area contributed by atoms with Crippen LogP contribution in [0.3, 0.4) is 0 Å². The summed E-state index contributed by atoms with van der Waals surface area (Å²) in [6, 6.07) is 0. The van der Waals surface area contributed by atoms with Crippen LogP contribution < -0.4 is 0 Å². The zero-order chi connectivity index (χ0) is 21.4. The molecule has 0 N–H and O–H groups in total. The minimum absolute atomic E-state index is 0.146. The molecule has 0 radical (unpaired) electrons. The van der Waals surface area contributed by atoms with E-state index in [4.69, 9.17) is 9.47 Å². The summed E-state index contributed by atoms with van der Waals surface area (Å²) in [5, 5.41) is 2.61. The van der Waals surface area contributed by atoms with Crippen LogP contribution in [0, 0.1) is 23.7 Å². The minimum atomic E-state index is -0.304. The second-order valence-corrected chi connectivity index (χ2v) is 16.2. The van der Waals surface area contributed by atoms with E-state index in [-0.39, 0.29) is 23.8 Å². The van der Waals surface area contributed by atoms with Gasteiger partial charge in [-0.15, -0.1) is 23.5 Å². The van der Waals surface area contributed by atoms with E-state index in [1.54, 1.807) is 0 Å². The van der Waals surface area contributed by atoms with Gasteiger partial charge in [-0.05, 0) is 77.0 Å². The van der Waals surface area contributed by atoms with Crippen LogP contribution in [0.15, 0.2) is 0 Å². The molecule has 3 aliphatic carbocycles. The van der Waals surface area contributed by atoms with Gasteiger partial charge in [0.2, 0.25) is 0 Å². The topological polar surface area (TPSA) is 52.6 Å². The van der Waals surface area contributed by atoms with Gasteiger partial charge in [0.1, 0.15) is 0 Å². The lowest BCUT2D eigenvalue weighted by molar-refractivity contribution is -0.164. The van der Waals surface area contributed by atoms with Gasteiger partial charge < -0.3 is 9.47 Å². The lowest BCUT2D eigenvalue weighted by atomic mass is 9.79. The van der Waals surface area contributed by atoms with Crippen LogP contribution >= 0.6 is 35.3 Å². The Morgan fingerprint density at radius 1 is 0.774 bits per heavy atom. The fourth-order valence-electron chi connectivity index (χ4n) is 6.30. The average molecular weight is 483 g/mol. The second kappa shape index (κ2) is 7.76. The molecule has 0 bridgehead atoms. The maximum absolute atomic E-state index is 13.0. The molecule has 10 atom stereocenters. The molecule has 4 nitrogen and oxygen atoms in total. The van der Waals surface area contributed by atoms with Gasteiger partial charge in [0.15, 0.2) is 0 Å². The first-order valence-corrected chi connectivity index (χ1v) is 14.9. The molecule has 7 heteroatoms. The number of thioether (sulfide) groups is 3. The Morgan fingerprint density at radius 3 is 1.65 bits per heavy atom. The Kier molecular flexibility index (Phi) is 5.39. The van der Waals surface area contributed by atoms with Crippen LogP contribution in [0.1, 0.15) is 65.2 Å². The monoisotopic (exact) mass is 482 g/mol. The molecule has 31 heavy (non-hydrogen) atoms. The van der Waals surface area contributed by atoms with Crippen LogP contribution in [-0.2, 0) is 19.1 Å². The number of carbonyl (C=O) groups excluding carboxylic acids is 2. The Bertz CT molecular complexity index is 714. The Hall–Kier alpha value is -0.0100. The summed E-state index contributed by atoms with van der Waals surface area (Å²) in [7, 11) is 0. The van der Waals surface area contributed by atoms with E-state index in [9.17, 15) is 9.59 Å². The first kappa shape index (κ1) is 21.5. The highest BCUT2D eigenvalue weighted by Crippen LogP contribution is 2.63. The van der Waals surface area contributed by atoms with E-state index in [1.807, 2.05) is 11.8 Å². The summed E-state index contributed by atoms with van der Waals surface area (Å²) in [6.45, 7) is 5.79. The zero-order valence-corrected chi connectivity index (χ0v) is 21.0. The van der Waals surface area contributed by atoms with Gasteiger partial charge in [0.25, 0.3) is 0 Å². The number of ether oxygens (including phenoxy) is 2. The van der Waals surface area contributed by atoms with E-state index in [2.05, 4.69) is 37.4 Å². The number of rotatable bonds is 6. The van der Waals surface area contributed by atoms with E-state index >= 15 is 0 Å². The molecule has 3 aliphatic heterocycles. The van der Waals surface area contributed by atoms with Gasteiger partial charge in [-0.1, -0.05) is 0 Å². The van der Waals surface area contributed by atoms with Crippen molar-refractivity contribution in [1.82, 2.24) is 0 Å². The second-order valence-electron chi connectivity index (χ2n) is 11.3. The minimum Gasteiger partial charge on any atom is -0.465 e. The lowest BCUT2D eigenvalue weighted by Crippen LogP contribution is -2.39. The quantitative estimate of drug-likeness (QED) is 0.393. The Labute approximate surface area is 198 Å². The molecular formula is C24H34O4S3. The van der Waals surface area contributed by atoms with Gasteiger partial charge in [0.05, 0.1) is 25.0 Å². The Balaban J connectivity index is 1.01. The van der Waals surface area contributed by atoms with Crippen molar-refractivity contribution in [2.75, 3.05) is 13.2 Å². The molecule has 3 saturated carbocycles. The predicted octanol–water partition coefficient (Wildman–Crippen LogP) is 4.93. The molecule has 10 unspecified atom stereocenters. The maximum atomic E-state index is 13.0. The molecule has 0 amide bonds. The van der Waals surface area contributed by atoms with Gasteiger partial charge in [0, 0.05) is 30.5 Å². The van der Waals surface area contributed by atoms with Crippen LogP contribution in [0.25, 0.3) is 0 Å². The fourth-order valence-corrected chi connectivity index (χ4v) is 10.3. The number of fused-ring (bicyclic) bond motifs is 3. The van der Waals surface area contributed by atoms with E-state index in [0.717, 1.165) is 36.2 Å². The average Bonchev–Trinajstić information content (AvgIpc) is 3.66. The third kappa shape index (κ3) is 4.29. The third-order valence-corrected chi connectivity index (χ3v) is 13.9. The third-order valence-electron chi connectivity index (χ3n) is 8.94. The van der Waals surface area contributed by atoms with E-state index in [0.29, 0.717) is 45.0 Å². The lowest BCUT2D eigenvalue weighted by Gasteiger charge is -2.30. The fraction of sp³-hybridized carbons (Fsp3) is 0.917. The summed E-state index contributed by atoms with van der Waals surface area (Å²) in [6.07, 6.45) is 8.71. The molecule has 6 rings (SSSR count). The van der Waals surface area contributed by atoms with Gasteiger partial charge in [-0.25, -0.2) is 0 Å². The molecular weight excluding hydrogens is 448 g/mol. The van der Waals surface area contributed by atoms with Crippen molar-refractivity contribution in [1.29, 1.82) is 0 Å².